The van der Waals surface area contributed by atoms with Gasteiger partial charge < -0.3 is 5.32 Å². The first kappa shape index (κ1) is 18.0. The SMILES string of the molecule is Cc1cccc(C2(c3cccc(C)c3)CC2C(=O)Nc2ccc(Br)cc2)c1. The van der Waals surface area contributed by atoms with E-state index >= 15 is 0 Å². The van der Waals surface area contributed by atoms with E-state index in [4.69, 9.17) is 0 Å². The highest BCUT2D eigenvalue weighted by atomic mass is 79.9. The highest BCUT2D eigenvalue weighted by Crippen LogP contribution is 2.59. The molecule has 27 heavy (non-hydrogen) atoms. The first-order valence-corrected chi connectivity index (χ1v) is 9.99. The molecule has 2 nitrogen and oxygen atoms in total. The van der Waals surface area contributed by atoms with Gasteiger partial charge in [0.2, 0.25) is 5.91 Å². The Hall–Kier alpha value is -2.39. The third-order valence-electron chi connectivity index (χ3n) is 5.46. The van der Waals surface area contributed by atoms with Gasteiger partial charge in [0.25, 0.3) is 0 Å². The van der Waals surface area contributed by atoms with E-state index in [9.17, 15) is 4.79 Å². The predicted molar refractivity (Wildman–Crippen MR) is 114 cm³/mol. The summed E-state index contributed by atoms with van der Waals surface area (Å²) < 4.78 is 1.00. The molecule has 1 amide bonds. The van der Waals surface area contributed by atoms with Crippen LogP contribution in [0.25, 0.3) is 0 Å². The summed E-state index contributed by atoms with van der Waals surface area (Å²) >= 11 is 3.43. The van der Waals surface area contributed by atoms with Gasteiger partial charge in [-0.2, -0.15) is 0 Å². The topological polar surface area (TPSA) is 29.1 Å². The highest BCUT2D eigenvalue weighted by molar-refractivity contribution is 9.10. The number of nitrogens with one attached hydrogen (secondary N) is 1. The lowest BCUT2D eigenvalue weighted by molar-refractivity contribution is -0.117. The van der Waals surface area contributed by atoms with Crippen LogP contribution in [0.2, 0.25) is 0 Å². The molecule has 4 rings (SSSR count). The van der Waals surface area contributed by atoms with Gasteiger partial charge >= 0.3 is 0 Å². The van der Waals surface area contributed by atoms with Crippen LogP contribution in [0.1, 0.15) is 28.7 Å². The molecule has 0 aliphatic heterocycles. The maximum Gasteiger partial charge on any atom is 0.228 e. The van der Waals surface area contributed by atoms with E-state index in [1.807, 2.05) is 24.3 Å². The molecule has 1 aliphatic carbocycles. The zero-order valence-corrected chi connectivity index (χ0v) is 17.1. The van der Waals surface area contributed by atoms with Crippen molar-refractivity contribution in [3.8, 4) is 0 Å². The van der Waals surface area contributed by atoms with Gasteiger partial charge in [0.1, 0.15) is 0 Å². The Morgan fingerprint density at radius 2 is 1.48 bits per heavy atom. The number of halogens is 1. The molecule has 1 saturated carbocycles. The van der Waals surface area contributed by atoms with Gasteiger partial charge in [-0.05, 0) is 55.7 Å². The summed E-state index contributed by atoms with van der Waals surface area (Å²) in [4.78, 5) is 13.1. The molecule has 0 spiro atoms. The Kier molecular flexibility index (Phi) is 4.65. The van der Waals surface area contributed by atoms with Crippen molar-refractivity contribution in [3.05, 3.63) is 99.5 Å². The van der Waals surface area contributed by atoms with Crippen LogP contribution in [-0.4, -0.2) is 5.91 Å². The number of benzene rings is 3. The number of amides is 1. The third kappa shape index (κ3) is 3.44. The molecule has 0 aromatic heterocycles. The van der Waals surface area contributed by atoms with Gasteiger partial charge in [-0.3, -0.25) is 4.79 Å². The lowest BCUT2D eigenvalue weighted by Crippen LogP contribution is -2.22. The van der Waals surface area contributed by atoms with Crippen LogP contribution in [0.3, 0.4) is 0 Å². The number of rotatable bonds is 4. The Balaban J connectivity index is 1.69. The zero-order chi connectivity index (χ0) is 19.0. The molecular formula is C24H22BrNO. The predicted octanol–water partition coefficient (Wildman–Crippen LogP) is 6.01. The van der Waals surface area contributed by atoms with Gasteiger partial charge in [0.05, 0.1) is 5.92 Å². The third-order valence-corrected chi connectivity index (χ3v) is 5.98. The van der Waals surface area contributed by atoms with Gasteiger partial charge in [-0.15, -0.1) is 0 Å². The van der Waals surface area contributed by atoms with Crippen molar-refractivity contribution in [3.63, 3.8) is 0 Å². The van der Waals surface area contributed by atoms with Crippen molar-refractivity contribution >= 4 is 27.5 Å². The standard InChI is InChI=1S/C24H22BrNO/c1-16-5-3-7-18(13-16)24(19-8-4-6-17(2)14-19)15-22(24)23(27)26-21-11-9-20(25)10-12-21/h3-14,22H,15H2,1-2H3,(H,26,27). The quantitative estimate of drug-likeness (QED) is 0.550. The average molecular weight is 420 g/mol. The Labute approximate surface area is 168 Å². The van der Waals surface area contributed by atoms with Crippen LogP contribution in [0.15, 0.2) is 77.3 Å². The Morgan fingerprint density at radius 1 is 0.926 bits per heavy atom. The van der Waals surface area contributed by atoms with Gasteiger partial charge in [0.15, 0.2) is 0 Å². The lowest BCUT2D eigenvalue weighted by Gasteiger charge is -2.20. The van der Waals surface area contributed by atoms with E-state index in [-0.39, 0.29) is 17.2 Å². The normalized spacial score (nSPS) is 17.4. The minimum absolute atomic E-state index is 0.0650. The molecular weight excluding hydrogens is 398 g/mol. The molecule has 0 heterocycles. The second kappa shape index (κ2) is 6.97. The second-order valence-corrected chi connectivity index (χ2v) is 8.38. The van der Waals surface area contributed by atoms with Crippen molar-refractivity contribution < 1.29 is 4.79 Å². The van der Waals surface area contributed by atoms with Crippen molar-refractivity contribution in [2.24, 2.45) is 5.92 Å². The summed E-state index contributed by atoms with van der Waals surface area (Å²) in [6.07, 6.45) is 0.836. The molecule has 1 N–H and O–H groups in total. The number of carbonyl (C=O) groups is 1. The lowest BCUT2D eigenvalue weighted by atomic mass is 9.84. The molecule has 1 unspecified atom stereocenters. The average Bonchev–Trinajstić information content (AvgIpc) is 3.41. The molecule has 0 bridgehead atoms. The van der Waals surface area contributed by atoms with E-state index in [0.717, 1.165) is 16.6 Å². The van der Waals surface area contributed by atoms with Crippen LogP contribution in [0.4, 0.5) is 5.69 Å². The molecule has 1 atom stereocenters. The van der Waals surface area contributed by atoms with E-state index in [2.05, 4.69) is 83.6 Å². The second-order valence-electron chi connectivity index (χ2n) is 7.46. The molecule has 0 saturated heterocycles. The molecule has 1 fully saturated rings. The number of anilines is 1. The fraction of sp³-hybridized carbons (Fsp3) is 0.208. The van der Waals surface area contributed by atoms with E-state index in [1.54, 1.807) is 0 Å². The van der Waals surface area contributed by atoms with Crippen LogP contribution < -0.4 is 5.32 Å². The van der Waals surface area contributed by atoms with Crippen LogP contribution in [0.5, 0.6) is 0 Å². The summed E-state index contributed by atoms with van der Waals surface area (Å²) in [6, 6.07) is 24.9. The van der Waals surface area contributed by atoms with Crippen LogP contribution >= 0.6 is 15.9 Å². The number of aryl methyl sites for hydroxylation is 2. The Morgan fingerprint density at radius 3 is 2.00 bits per heavy atom. The summed E-state index contributed by atoms with van der Waals surface area (Å²) in [5, 5.41) is 3.09. The minimum Gasteiger partial charge on any atom is -0.326 e. The van der Waals surface area contributed by atoms with Crippen molar-refractivity contribution in [1.29, 1.82) is 0 Å². The summed E-state index contributed by atoms with van der Waals surface area (Å²) in [5.41, 5.74) is 5.49. The van der Waals surface area contributed by atoms with Crippen molar-refractivity contribution in [1.82, 2.24) is 0 Å². The molecule has 0 radical (unpaired) electrons. The fourth-order valence-corrected chi connectivity index (χ4v) is 4.26. The number of carbonyl (C=O) groups excluding carboxylic acids is 1. The van der Waals surface area contributed by atoms with Crippen LogP contribution in [0, 0.1) is 19.8 Å². The molecule has 3 aromatic carbocycles. The fourth-order valence-electron chi connectivity index (χ4n) is 3.99. The monoisotopic (exact) mass is 419 g/mol. The number of hydrogen-bond acceptors (Lipinski definition) is 1. The van der Waals surface area contributed by atoms with E-state index in [0.29, 0.717) is 0 Å². The van der Waals surface area contributed by atoms with E-state index < -0.39 is 0 Å². The molecule has 136 valence electrons. The van der Waals surface area contributed by atoms with E-state index in [1.165, 1.54) is 22.3 Å². The molecule has 3 heteroatoms. The highest BCUT2D eigenvalue weighted by Gasteiger charge is 2.60. The summed E-state index contributed by atoms with van der Waals surface area (Å²) in [5.74, 6) is 0.0186. The van der Waals surface area contributed by atoms with Gasteiger partial charge in [0, 0.05) is 15.6 Å². The smallest absolute Gasteiger partial charge is 0.228 e. The zero-order valence-electron chi connectivity index (χ0n) is 15.5. The maximum absolute atomic E-state index is 13.1. The largest absolute Gasteiger partial charge is 0.326 e. The maximum atomic E-state index is 13.1. The first-order chi connectivity index (χ1) is 13.0. The minimum atomic E-state index is -0.239. The number of hydrogen-bond donors (Lipinski definition) is 1. The molecule has 1 aliphatic rings. The van der Waals surface area contributed by atoms with Gasteiger partial charge in [-0.25, -0.2) is 0 Å². The summed E-state index contributed by atoms with van der Waals surface area (Å²) in [6.45, 7) is 4.21. The summed E-state index contributed by atoms with van der Waals surface area (Å²) in [7, 11) is 0. The first-order valence-electron chi connectivity index (χ1n) is 9.20. The Bertz CT molecular complexity index is 948. The van der Waals surface area contributed by atoms with Crippen LogP contribution in [-0.2, 0) is 10.2 Å². The van der Waals surface area contributed by atoms with Crippen molar-refractivity contribution in [2.75, 3.05) is 5.32 Å². The molecule has 3 aromatic rings. The van der Waals surface area contributed by atoms with Crippen molar-refractivity contribution in [2.45, 2.75) is 25.7 Å². The van der Waals surface area contributed by atoms with Gasteiger partial charge in [-0.1, -0.05) is 75.6 Å².